The van der Waals surface area contributed by atoms with E-state index in [9.17, 15) is 9.59 Å². The standard InChI is InChI=1S/C13H21N5O2S/c1-3-18(2)13-17-10(14)9(21-13)12(20)16-7-6-15-11(19)8-4-5-8/h8H,3-7,14H2,1-2H3,(H,15,19)(H,16,20). The molecule has 0 atom stereocenters. The molecule has 0 saturated heterocycles. The van der Waals surface area contributed by atoms with E-state index in [4.69, 9.17) is 5.73 Å². The van der Waals surface area contributed by atoms with Gasteiger partial charge in [-0.3, -0.25) is 9.59 Å². The molecule has 0 unspecified atom stereocenters. The monoisotopic (exact) mass is 311 g/mol. The van der Waals surface area contributed by atoms with Crippen LogP contribution in [0.25, 0.3) is 0 Å². The predicted octanol–water partition coefficient (Wildman–Crippen LogP) is 0.437. The zero-order valence-electron chi connectivity index (χ0n) is 12.3. The summed E-state index contributed by atoms with van der Waals surface area (Å²) in [5, 5.41) is 6.26. The third-order valence-corrected chi connectivity index (χ3v) is 4.49. The number of aromatic nitrogens is 1. The van der Waals surface area contributed by atoms with Crippen LogP contribution in [0.3, 0.4) is 0 Å². The third-order valence-electron chi connectivity index (χ3n) is 3.31. The number of hydrogen-bond acceptors (Lipinski definition) is 6. The average Bonchev–Trinajstić information content (AvgIpc) is 3.25. The van der Waals surface area contributed by atoms with Gasteiger partial charge in [0.1, 0.15) is 10.7 Å². The first kappa shape index (κ1) is 15.6. The van der Waals surface area contributed by atoms with Gasteiger partial charge in [0.15, 0.2) is 5.13 Å². The molecular formula is C13H21N5O2S. The van der Waals surface area contributed by atoms with Gasteiger partial charge in [-0.1, -0.05) is 11.3 Å². The lowest BCUT2D eigenvalue weighted by atomic mass is 10.4. The number of rotatable bonds is 7. The summed E-state index contributed by atoms with van der Waals surface area (Å²) >= 11 is 1.27. The Labute approximate surface area is 127 Å². The largest absolute Gasteiger partial charge is 0.382 e. The SMILES string of the molecule is CCN(C)c1nc(N)c(C(=O)NCCNC(=O)C2CC2)s1. The molecule has 1 aliphatic carbocycles. The second kappa shape index (κ2) is 6.75. The van der Waals surface area contributed by atoms with Gasteiger partial charge in [-0.25, -0.2) is 4.98 Å². The van der Waals surface area contributed by atoms with Gasteiger partial charge in [0.25, 0.3) is 5.91 Å². The van der Waals surface area contributed by atoms with Crippen molar-refractivity contribution in [2.45, 2.75) is 19.8 Å². The Balaban J connectivity index is 1.79. The molecular weight excluding hydrogens is 290 g/mol. The first-order valence-electron chi connectivity index (χ1n) is 7.06. The summed E-state index contributed by atoms with van der Waals surface area (Å²) in [6.45, 7) is 3.61. The van der Waals surface area contributed by atoms with E-state index in [0.717, 1.165) is 24.5 Å². The predicted molar refractivity (Wildman–Crippen MR) is 83.5 cm³/mol. The molecule has 2 rings (SSSR count). The molecule has 7 nitrogen and oxygen atoms in total. The summed E-state index contributed by atoms with van der Waals surface area (Å²) < 4.78 is 0. The molecule has 116 valence electrons. The normalized spacial score (nSPS) is 13.8. The Morgan fingerprint density at radius 1 is 1.38 bits per heavy atom. The minimum atomic E-state index is -0.249. The Morgan fingerprint density at radius 3 is 2.67 bits per heavy atom. The summed E-state index contributed by atoms with van der Waals surface area (Å²) in [7, 11) is 1.90. The fraction of sp³-hybridized carbons (Fsp3) is 0.615. The zero-order chi connectivity index (χ0) is 15.4. The number of hydrogen-bond donors (Lipinski definition) is 3. The smallest absolute Gasteiger partial charge is 0.265 e. The fourth-order valence-corrected chi connectivity index (χ4v) is 2.64. The van der Waals surface area contributed by atoms with Crippen molar-refractivity contribution in [2.24, 2.45) is 5.92 Å². The van der Waals surface area contributed by atoms with Gasteiger partial charge in [0.05, 0.1) is 0 Å². The lowest BCUT2D eigenvalue weighted by molar-refractivity contribution is -0.122. The van der Waals surface area contributed by atoms with Crippen molar-refractivity contribution in [2.75, 3.05) is 37.3 Å². The van der Waals surface area contributed by atoms with E-state index < -0.39 is 0 Å². The van der Waals surface area contributed by atoms with Gasteiger partial charge >= 0.3 is 0 Å². The molecule has 1 aliphatic rings. The number of carbonyl (C=O) groups excluding carboxylic acids is 2. The number of anilines is 2. The first-order valence-corrected chi connectivity index (χ1v) is 7.88. The average molecular weight is 311 g/mol. The van der Waals surface area contributed by atoms with E-state index in [1.165, 1.54) is 11.3 Å². The molecule has 2 amide bonds. The Morgan fingerprint density at radius 2 is 2.05 bits per heavy atom. The maximum absolute atomic E-state index is 12.0. The van der Waals surface area contributed by atoms with Gasteiger partial charge in [-0.2, -0.15) is 0 Å². The number of thiazole rings is 1. The topological polar surface area (TPSA) is 100 Å². The van der Waals surface area contributed by atoms with Crippen LogP contribution < -0.4 is 21.3 Å². The van der Waals surface area contributed by atoms with Crippen LogP contribution >= 0.6 is 11.3 Å². The van der Waals surface area contributed by atoms with Crippen molar-refractivity contribution in [3.63, 3.8) is 0 Å². The van der Waals surface area contributed by atoms with Crippen LogP contribution in [-0.4, -0.2) is 43.5 Å². The Kier molecular flexibility index (Phi) is 5.00. The molecule has 8 heteroatoms. The summed E-state index contributed by atoms with van der Waals surface area (Å²) in [5.41, 5.74) is 5.78. The van der Waals surface area contributed by atoms with Gasteiger partial charge in [-0.05, 0) is 19.8 Å². The highest BCUT2D eigenvalue weighted by Gasteiger charge is 2.29. The van der Waals surface area contributed by atoms with E-state index >= 15 is 0 Å². The van der Waals surface area contributed by atoms with Crippen molar-refractivity contribution in [1.29, 1.82) is 0 Å². The number of nitrogens with zero attached hydrogens (tertiary/aromatic N) is 2. The minimum Gasteiger partial charge on any atom is -0.382 e. The highest BCUT2D eigenvalue weighted by molar-refractivity contribution is 7.18. The third kappa shape index (κ3) is 4.07. The number of carbonyl (C=O) groups is 2. The lowest BCUT2D eigenvalue weighted by Crippen LogP contribution is -2.35. The van der Waals surface area contributed by atoms with Gasteiger partial charge < -0.3 is 21.3 Å². The molecule has 0 spiro atoms. The van der Waals surface area contributed by atoms with E-state index in [2.05, 4.69) is 15.6 Å². The van der Waals surface area contributed by atoms with E-state index in [1.54, 1.807) is 0 Å². The molecule has 0 aromatic carbocycles. The molecule has 1 aromatic rings. The van der Waals surface area contributed by atoms with Gasteiger partial charge in [-0.15, -0.1) is 0 Å². The number of nitrogen functional groups attached to an aromatic ring is 1. The quantitative estimate of drug-likeness (QED) is 0.634. The van der Waals surface area contributed by atoms with Crippen molar-refractivity contribution in [3.8, 4) is 0 Å². The van der Waals surface area contributed by atoms with Crippen LogP contribution in [0, 0.1) is 5.92 Å². The first-order chi connectivity index (χ1) is 10.0. The van der Waals surface area contributed by atoms with Gasteiger partial charge in [0, 0.05) is 32.6 Å². The molecule has 0 bridgehead atoms. The van der Waals surface area contributed by atoms with Crippen LogP contribution in [0.5, 0.6) is 0 Å². The molecule has 21 heavy (non-hydrogen) atoms. The Hall–Kier alpha value is -1.83. The molecule has 0 radical (unpaired) electrons. The van der Waals surface area contributed by atoms with Gasteiger partial charge in [0.2, 0.25) is 5.91 Å². The molecule has 4 N–H and O–H groups in total. The molecule has 1 fully saturated rings. The van der Waals surface area contributed by atoms with Crippen molar-refractivity contribution in [1.82, 2.24) is 15.6 Å². The molecule has 1 saturated carbocycles. The fourth-order valence-electron chi connectivity index (χ4n) is 1.71. The van der Waals surface area contributed by atoms with E-state index in [-0.39, 0.29) is 23.6 Å². The van der Waals surface area contributed by atoms with E-state index in [1.807, 2.05) is 18.9 Å². The Bertz CT molecular complexity index is 527. The number of nitrogens with one attached hydrogen (secondary N) is 2. The highest BCUT2D eigenvalue weighted by atomic mass is 32.1. The maximum Gasteiger partial charge on any atom is 0.265 e. The second-order valence-corrected chi connectivity index (χ2v) is 6.02. The van der Waals surface area contributed by atoms with Crippen LogP contribution in [0.4, 0.5) is 10.9 Å². The summed E-state index contributed by atoms with van der Waals surface area (Å²) in [6.07, 6.45) is 1.95. The van der Waals surface area contributed by atoms with Crippen LogP contribution in [0.15, 0.2) is 0 Å². The second-order valence-electron chi connectivity index (χ2n) is 5.05. The zero-order valence-corrected chi connectivity index (χ0v) is 13.1. The van der Waals surface area contributed by atoms with Crippen LogP contribution in [0.2, 0.25) is 0 Å². The molecule has 0 aliphatic heterocycles. The van der Waals surface area contributed by atoms with Crippen molar-refractivity contribution < 1.29 is 9.59 Å². The lowest BCUT2D eigenvalue weighted by Gasteiger charge is -2.10. The summed E-state index contributed by atoms with van der Waals surface area (Å²) in [5.74, 6) is 0.259. The van der Waals surface area contributed by atoms with Crippen LogP contribution in [-0.2, 0) is 4.79 Å². The van der Waals surface area contributed by atoms with Crippen molar-refractivity contribution in [3.05, 3.63) is 4.88 Å². The maximum atomic E-state index is 12.0. The minimum absolute atomic E-state index is 0.0772. The number of nitrogens with two attached hydrogens (primary N) is 1. The highest BCUT2D eigenvalue weighted by Crippen LogP contribution is 2.28. The number of amides is 2. The summed E-state index contributed by atoms with van der Waals surface area (Å²) in [4.78, 5) is 30.0. The van der Waals surface area contributed by atoms with Crippen molar-refractivity contribution >= 4 is 34.1 Å². The molecule has 1 aromatic heterocycles. The van der Waals surface area contributed by atoms with E-state index in [0.29, 0.717) is 18.0 Å². The summed E-state index contributed by atoms with van der Waals surface area (Å²) in [6, 6.07) is 0. The molecule has 1 heterocycles. The van der Waals surface area contributed by atoms with Crippen LogP contribution in [0.1, 0.15) is 29.4 Å².